The van der Waals surface area contributed by atoms with E-state index >= 15 is 0 Å². The van der Waals surface area contributed by atoms with Crippen molar-refractivity contribution in [2.45, 2.75) is 0 Å². The lowest BCUT2D eigenvalue weighted by atomic mass is 10.7. The lowest BCUT2D eigenvalue weighted by Gasteiger charge is -1.68. The van der Waals surface area contributed by atoms with Gasteiger partial charge >= 0.3 is 0 Å². The zero-order chi connectivity index (χ0) is 5.82. The molecule has 0 fully saturated rings. The highest BCUT2D eigenvalue weighted by molar-refractivity contribution is 5.43. The molecule has 0 atom stereocenters. The predicted octanol–water partition coefficient (Wildman–Crippen LogP) is 0.377. The van der Waals surface area contributed by atoms with Gasteiger partial charge in [-0.3, -0.25) is 5.10 Å². The summed E-state index contributed by atoms with van der Waals surface area (Å²) in [5, 5.41) is 6.04. The van der Waals surface area contributed by atoms with E-state index in [1.54, 1.807) is 12.3 Å². The molecule has 1 rings (SSSR count). The van der Waals surface area contributed by atoms with Crippen LogP contribution in [0.15, 0.2) is 17.3 Å². The molecule has 0 radical (unpaired) electrons. The molecule has 4 nitrogen and oxygen atoms in total. The number of rotatable bonds is 1. The Hall–Kier alpha value is -1.41. The van der Waals surface area contributed by atoms with Gasteiger partial charge in [-0.1, -0.05) is 0 Å². The van der Waals surface area contributed by atoms with Crippen LogP contribution in [0.3, 0.4) is 0 Å². The van der Waals surface area contributed by atoms with Gasteiger partial charge < -0.3 is 0 Å². The highest BCUT2D eigenvalue weighted by Crippen LogP contribution is 2.00. The monoisotopic (exact) mass is 109 g/mol. The molecular weight excluding hydrogens is 106 g/mol. The second-order valence-electron chi connectivity index (χ2n) is 1.14. The van der Waals surface area contributed by atoms with Crippen LogP contribution in [-0.2, 0) is 4.79 Å². The molecule has 1 N–H and O–H groups in total. The van der Waals surface area contributed by atoms with Gasteiger partial charge in [0.15, 0.2) is 5.82 Å². The Bertz CT molecular complexity index is 197. The molecule has 0 aromatic carbocycles. The fraction of sp³-hybridized carbons (Fsp3) is 0. The quantitative estimate of drug-likeness (QED) is 0.418. The number of nitrogens with one attached hydrogen (secondary N) is 1. The minimum Gasteiger partial charge on any atom is -0.284 e. The number of H-pyrrole nitrogens is 1. The average Bonchev–Trinajstić information content (AvgIpc) is 2.19. The second kappa shape index (κ2) is 2.04. The lowest BCUT2D eigenvalue weighted by molar-refractivity contribution is 0.565. The molecular formula is C4H3N3O. The number of hydrogen-bond acceptors (Lipinski definition) is 3. The Morgan fingerprint density at radius 2 is 2.75 bits per heavy atom. The third-order valence-electron chi connectivity index (χ3n) is 0.646. The van der Waals surface area contributed by atoms with Gasteiger partial charge in [0.1, 0.15) is 0 Å². The van der Waals surface area contributed by atoms with E-state index in [4.69, 9.17) is 0 Å². The van der Waals surface area contributed by atoms with Crippen LogP contribution >= 0.6 is 0 Å². The van der Waals surface area contributed by atoms with E-state index in [1.807, 2.05) is 0 Å². The Labute approximate surface area is 45.3 Å². The molecule has 8 heavy (non-hydrogen) atoms. The lowest BCUT2D eigenvalue weighted by Crippen LogP contribution is -1.61. The van der Waals surface area contributed by atoms with Crippen molar-refractivity contribution >= 4 is 11.9 Å². The van der Waals surface area contributed by atoms with E-state index in [0.717, 1.165) is 0 Å². The van der Waals surface area contributed by atoms with Crippen LogP contribution < -0.4 is 0 Å². The minimum atomic E-state index is 0.361. The van der Waals surface area contributed by atoms with Crippen LogP contribution in [0.5, 0.6) is 0 Å². The van der Waals surface area contributed by atoms with Crippen molar-refractivity contribution in [3.8, 4) is 0 Å². The first-order valence-corrected chi connectivity index (χ1v) is 2.01. The molecule has 0 aliphatic rings. The molecule has 1 heterocycles. The first-order valence-electron chi connectivity index (χ1n) is 2.01. The van der Waals surface area contributed by atoms with E-state index in [-0.39, 0.29) is 0 Å². The van der Waals surface area contributed by atoms with E-state index in [2.05, 4.69) is 15.2 Å². The molecule has 4 heteroatoms. The zero-order valence-corrected chi connectivity index (χ0v) is 3.96. The van der Waals surface area contributed by atoms with Gasteiger partial charge in [-0.2, -0.15) is 5.10 Å². The third-order valence-corrected chi connectivity index (χ3v) is 0.646. The number of carbonyl (C=O) groups excluding carboxylic acids is 1. The molecule has 0 aliphatic heterocycles. The standard InChI is InChI=1S/C4H3N3O/c8-3-5-4-1-2-6-7-4/h1-2H,(H,6,7). The van der Waals surface area contributed by atoms with E-state index in [9.17, 15) is 4.79 Å². The Kier molecular flexibility index (Phi) is 1.21. The number of aromatic amines is 1. The largest absolute Gasteiger partial charge is 0.284 e. The molecule has 0 amide bonds. The maximum atomic E-state index is 9.53. The summed E-state index contributed by atoms with van der Waals surface area (Å²) in [6, 6.07) is 1.57. The molecule has 1 aromatic heterocycles. The van der Waals surface area contributed by atoms with Crippen molar-refractivity contribution in [1.29, 1.82) is 0 Å². The predicted molar refractivity (Wildman–Crippen MR) is 26.4 cm³/mol. The maximum absolute atomic E-state index is 9.53. The molecule has 0 bridgehead atoms. The summed E-state index contributed by atoms with van der Waals surface area (Å²) in [5.74, 6) is 0.361. The SMILES string of the molecule is O=C=Nc1cc[nH]n1. The van der Waals surface area contributed by atoms with Gasteiger partial charge in [0.2, 0.25) is 6.08 Å². The van der Waals surface area contributed by atoms with Gasteiger partial charge in [-0.25, -0.2) is 4.79 Å². The number of aliphatic imine (C=N–C) groups is 1. The molecule has 0 saturated carbocycles. The summed E-state index contributed by atoms with van der Waals surface area (Å²) in [6.07, 6.45) is 2.94. The number of hydrogen-bond donors (Lipinski definition) is 1. The summed E-state index contributed by atoms with van der Waals surface area (Å²) < 4.78 is 0. The van der Waals surface area contributed by atoms with Crippen LogP contribution in [0.1, 0.15) is 0 Å². The molecule has 40 valence electrons. The van der Waals surface area contributed by atoms with Gasteiger partial charge in [-0.05, 0) is 0 Å². The zero-order valence-electron chi connectivity index (χ0n) is 3.96. The van der Waals surface area contributed by atoms with Crippen LogP contribution in [-0.4, -0.2) is 16.3 Å². The fourth-order valence-electron chi connectivity index (χ4n) is 0.362. The van der Waals surface area contributed by atoms with Gasteiger partial charge in [0.25, 0.3) is 0 Å². The number of aromatic nitrogens is 2. The normalized spacial score (nSPS) is 8.00. The molecule has 0 unspecified atom stereocenters. The van der Waals surface area contributed by atoms with Crippen LogP contribution in [0.4, 0.5) is 5.82 Å². The second-order valence-corrected chi connectivity index (χ2v) is 1.14. The molecule has 0 saturated heterocycles. The van der Waals surface area contributed by atoms with Crippen molar-refractivity contribution < 1.29 is 4.79 Å². The van der Waals surface area contributed by atoms with Crippen molar-refractivity contribution in [3.05, 3.63) is 12.3 Å². The first kappa shape index (κ1) is 4.74. The first-order chi connectivity index (χ1) is 3.93. The smallest absolute Gasteiger partial charge is 0.242 e. The van der Waals surface area contributed by atoms with E-state index < -0.39 is 0 Å². The van der Waals surface area contributed by atoms with Crippen LogP contribution in [0, 0.1) is 0 Å². The van der Waals surface area contributed by atoms with Crippen molar-refractivity contribution in [1.82, 2.24) is 10.2 Å². The van der Waals surface area contributed by atoms with Crippen LogP contribution in [0.25, 0.3) is 0 Å². The molecule has 0 spiro atoms. The van der Waals surface area contributed by atoms with Gasteiger partial charge in [0, 0.05) is 12.3 Å². The van der Waals surface area contributed by atoms with E-state index in [1.165, 1.54) is 6.08 Å². The van der Waals surface area contributed by atoms with Crippen molar-refractivity contribution in [2.24, 2.45) is 4.99 Å². The Balaban J connectivity index is 2.93. The summed E-state index contributed by atoms with van der Waals surface area (Å²) in [6.45, 7) is 0. The Morgan fingerprint density at radius 3 is 3.25 bits per heavy atom. The number of isocyanates is 1. The molecule has 0 aliphatic carbocycles. The summed E-state index contributed by atoms with van der Waals surface area (Å²) in [4.78, 5) is 12.7. The highest BCUT2D eigenvalue weighted by Gasteiger charge is 1.83. The van der Waals surface area contributed by atoms with Gasteiger partial charge in [-0.15, -0.1) is 4.99 Å². The van der Waals surface area contributed by atoms with Crippen molar-refractivity contribution in [3.63, 3.8) is 0 Å². The fourth-order valence-corrected chi connectivity index (χ4v) is 0.362. The molecule has 1 aromatic rings. The highest BCUT2D eigenvalue weighted by atomic mass is 16.1. The maximum Gasteiger partial charge on any atom is 0.242 e. The van der Waals surface area contributed by atoms with Gasteiger partial charge in [0.05, 0.1) is 0 Å². The average molecular weight is 109 g/mol. The van der Waals surface area contributed by atoms with E-state index in [0.29, 0.717) is 5.82 Å². The summed E-state index contributed by atoms with van der Waals surface area (Å²) in [7, 11) is 0. The number of nitrogens with zero attached hydrogens (tertiary/aromatic N) is 2. The Morgan fingerprint density at radius 1 is 1.88 bits per heavy atom. The minimum absolute atomic E-state index is 0.361. The third kappa shape index (κ3) is 0.802. The van der Waals surface area contributed by atoms with Crippen molar-refractivity contribution in [2.75, 3.05) is 0 Å². The summed E-state index contributed by atoms with van der Waals surface area (Å²) in [5.41, 5.74) is 0. The topological polar surface area (TPSA) is 58.1 Å². The summed E-state index contributed by atoms with van der Waals surface area (Å²) >= 11 is 0. The van der Waals surface area contributed by atoms with Crippen LogP contribution in [0.2, 0.25) is 0 Å².